The van der Waals surface area contributed by atoms with Gasteiger partial charge in [0.05, 0.1) is 0 Å². The number of aliphatic hydroxyl groups is 1. The summed E-state index contributed by atoms with van der Waals surface area (Å²) in [7, 11) is 0. The van der Waals surface area contributed by atoms with Crippen LogP contribution in [0.3, 0.4) is 0 Å². The van der Waals surface area contributed by atoms with Crippen LogP contribution >= 0.6 is 0 Å². The summed E-state index contributed by atoms with van der Waals surface area (Å²) in [5.74, 6) is -2.18. The van der Waals surface area contributed by atoms with Gasteiger partial charge in [0.15, 0.2) is 5.78 Å². The minimum absolute atomic E-state index is 0.000977. The molecule has 4 heteroatoms. The van der Waals surface area contributed by atoms with Gasteiger partial charge in [0, 0.05) is 18.3 Å². The number of hydrogen-bond acceptors (Lipinski definition) is 2. The average molecular weight is 324 g/mol. The largest absolute Gasteiger partial charge is 0.386 e. The van der Waals surface area contributed by atoms with E-state index in [1.807, 2.05) is 13.0 Å². The first-order valence-electron chi connectivity index (χ1n) is 8.98. The predicted molar refractivity (Wildman–Crippen MR) is 83.0 cm³/mol. The van der Waals surface area contributed by atoms with Gasteiger partial charge in [0.2, 0.25) is 0 Å². The zero-order valence-corrected chi connectivity index (χ0v) is 13.9. The maximum absolute atomic E-state index is 14.2. The molecule has 0 heterocycles. The van der Waals surface area contributed by atoms with E-state index in [0.29, 0.717) is 18.8 Å². The molecule has 6 unspecified atom stereocenters. The molecule has 4 aliphatic rings. The lowest BCUT2D eigenvalue weighted by molar-refractivity contribution is -0.130. The molecule has 0 saturated heterocycles. The molecule has 0 amide bonds. The minimum atomic E-state index is -2.95. The molecule has 0 bridgehead atoms. The van der Waals surface area contributed by atoms with Crippen LogP contribution in [-0.2, 0) is 4.79 Å². The Balaban J connectivity index is 1.70. The normalized spacial score (nSPS) is 51.5. The van der Waals surface area contributed by atoms with E-state index < -0.39 is 17.4 Å². The van der Waals surface area contributed by atoms with Gasteiger partial charge >= 0.3 is 0 Å². The van der Waals surface area contributed by atoms with Crippen molar-refractivity contribution in [2.45, 2.75) is 70.8 Å². The minimum Gasteiger partial charge on any atom is -0.386 e. The van der Waals surface area contributed by atoms with E-state index in [1.54, 1.807) is 0 Å². The fourth-order valence-electron chi connectivity index (χ4n) is 6.52. The van der Waals surface area contributed by atoms with E-state index in [2.05, 4.69) is 6.92 Å². The first kappa shape index (κ1) is 15.7. The number of allylic oxidation sites excluding steroid dienone is 1. The highest BCUT2D eigenvalue weighted by Crippen LogP contribution is 2.67. The molecule has 0 aromatic heterocycles. The number of halogens is 2. The van der Waals surface area contributed by atoms with E-state index in [0.717, 1.165) is 25.7 Å². The van der Waals surface area contributed by atoms with Crippen LogP contribution < -0.4 is 0 Å². The molecule has 1 N–H and O–H groups in total. The van der Waals surface area contributed by atoms with Crippen LogP contribution in [0, 0.1) is 28.6 Å². The Kier molecular flexibility index (Phi) is 3.18. The summed E-state index contributed by atoms with van der Waals surface area (Å²) >= 11 is 0. The number of aliphatic hydroxyl groups excluding tert-OH is 1. The quantitative estimate of drug-likeness (QED) is 0.727. The second-order valence-electron chi connectivity index (χ2n) is 8.88. The van der Waals surface area contributed by atoms with Crippen molar-refractivity contribution < 1.29 is 18.7 Å². The summed E-state index contributed by atoms with van der Waals surface area (Å²) in [5.41, 5.74) is 0.608. The molecule has 3 saturated carbocycles. The van der Waals surface area contributed by atoms with Crippen molar-refractivity contribution >= 4 is 5.78 Å². The summed E-state index contributed by atoms with van der Waals surface area (Å²) in [6, 6.07) is 0. The second-order valence-corrected chi connectivity index (χ2v) is 8.88. The fourth-order valence-corrected chi connectivity index (χ4v) is 6.52. The number of ketones is 1. The lowest BCUT2D eigenvalue weighted by Crippen LogP contribution is -2.51. The van der Waals surface area contributed by atoms with Crippen LogP contribution in [-0.4, -0.2) is 22.9 Å². The number of hydrogen-bond donors (Lipinski definition) is 1. The van der Waals surface area contributed by atoms with Gasteiger partial charge in [-0.1, -0.05) is 19.4 Å². The molecule has 0 spiro atoms. The Morgan fingerprint density at radius 3 is 2.61 bits per heavy atom. The Morgan fingerprint density at radius 1 is 1.13 bits per heavy atom. The molecule has 4 aliphatic carbocycles. The molecular formula is C19H26F2O2. The Bertz CT molecular complexity index is 584. The summed E-state index contributed by atoms with van der Waals surface area (Å²) in [5, 5.41) is 10.2. The monoisotopic (exact) mass is 324 g/mol. The number of alkyl halides is 2. The van der Waals surface area contributed by atoms with Gasteiger partial charge in [-0.15, -0.1) is 0 Å². The van der Waals surface area contributed by atoms with Crippen molar-refractivity contribution in [3.05, 3.63) is 11.6 Å². The van der Waals surface area contributed by atoms with E-state index in [4.69, 9.17) is 0 Å². The molecule has 2 nitrogen and oxygen atoms in total. The molecule has 0 radical (unpaired) electrons. The maximum Gasteiger partial charge on any atom is 0.274 e. The van der Waals surface area contributed by atoms with Crippen LogP contribution in [0.4, 0.5) is 8.78 Å². The van der Waals surface area contributed by atoms with Gasteiger partial charge in [0.25, 0.3) is 5.92 Å². The molecule has 6 atom stereocenters. The summed E-state index contributed by atoms with van der Waals surface area (Å²) < 4.78 is 28.4. The lowest BCUT2D eigenvalue weighted by atomic mass is 9.47. The van der Waals surface area contributed by atoms with Gasteiger partial charge in [0.1, 0.15) is 6.10 Å². The van der Waals surface area contributed by atoms with Crippen molar-refractivity contribution in [3.63, 3.8) is 0 Å². The van der Waals surface area contributed by atoms with E-state index in [-0.39, 0.29) is 29.5 Å². The highest BCUT2D eigenvalue weighted by molar-refractivity contribution is 5.91. The fraction of sp³-hybridized carbons (Fsp3) is 0.842. The standard InChI is InChI=1S/C19H26F2O2/c1-17-7-5-12(22)9-11(17)3-4-13-14(17)6-8-18(2)15(13)10-19(20,21)16(18)23/h9,13-16,23H,3-8,10H2,1-2H3. The molecule has 0 aromatic rings. The van der Waals surface area contributed by atoms with Gasteiger partial charge < -0.3 is 5.11 Å². The van der Waals surface area contributed by atoms with Crippen LogP contribution in [0.25, 0.3) is 0 Å². The smallest absolute Gasteiger partial charge is 0.274 e. The Hall–Kier alpha value is -0.770. The molecule has 3 fully saturated rings. The number of fused-ring (bicyclic) bond motifs is 5. The predicted octanol–water partition coefficient (Wildman–Crippen LogP) is 4.12. The van der Waals surface area contributed by atoms with Crippen molar-refractivity contribution in [2.24, 2.45) is 28.6 Å². The van der Waals surface area contributed by atoms with E-state index >= 15 is 0 Å². The zero-order valence-electron chi connectivity index (χ0n) is 13.9. The molecule has 4 rings (SSSR count). The maximum atomic E-state index is 14.2. The first-order chi connectivity index (χ1) is 10.7. The van der Waals surface area contributed by atoms with E-state index in [9.17, 15) is 18.7 Å². The van der Waals surface area contributed by atoms with Gasteiger partial charge in [-0.25, -0.2) is 8.78 Å². The zero-order chi connectivity index (χ0) is 16.6. The molecule has 23 heavy (non-hydrogen) atoms. The van der Waals surface area contributed by atoms with Crippen LogP contribution in [0.5, 0.6) is 0 Å². The molecular weight excluding hydrogens is 298 g/mol. The number of carbonyl (C=O) groups is 1. The SMILES string of the molecule is CC12CCC(=O)C=C1CCC1C2CCC2(C)C1CC(F)(F)C2O. The summed E-state index contributed by atoms with van der Waals surface area (Å²) in [6.45, 7) is 4.12. The van der Waals surface area contributed by atoms with Crippen molar-refractivity contribution in [3.8, 4) is 0 Å². The molecule has 0 aromatic carbocycles. The van der Waals surface area contributed by atoms with E-state index in [1.165, 1.54) is 5.57 Å². The van der Waals surface area contributed by atoms with Crippen LogP contribution in [0.15, 0.2) is 11.6 Å². The van der Waals surface area contributed by atoms with Crippen molar-refractivity contribution in [2.75, 3.05) is 0 Å². The average Bonchev–Trinajstić information content (AvgIpc) is 2.68. The summed E-state index contributed by atoms with van der Waals surface area (Å²) in [6.07, 6.45) is 4.94. The van der Waals surface area contributed by atoms with Crippen LogP contribution in [0.2, 0.25) is 0 Å². The summed E-state index contributed by atoms with van der Waals surface area (Å²) in [4.78, 5) is 11.8. The van der Waals surface area contributed by atoms with Crippen LogP contribution in [0.1, 0.15) is 58.8 Å². The van der Waals surface area contributed by atoms with Gasteiger partial charge in [-0.3, -0.25) is 4.79 Å². The van der Waals surface area contributed by atoms with Crippen molar-refractivity contribution in [1.82, 2.24) is 0 Å². The lowest BCUT2D eigenvalue weighted by Gasteiger charge is -2.57. The highest BCUT2D eigenvalue weighted by atomic mass is 19.3. The topological polar surface area (TPSA) is 37.3 Å². The third-order valence-electron chi connectivity index (χ3n) is 7.92. The third kappa shape index (κ3) is 1.96. The highest BCUT2D eigenvalue weighted by Gasteiger charge is 2.67. The Morgan fingerprint density at radius 2 is 1.87 bits per heavy atom. The van der Waals surface area contributed by atoms with Gasteiger partial charge in [-0.2, -0.15) is 0 Å². The Labute approximate surface area is 136 Å². The number of rotatable bonds is 0. The number of carbonyl (C=O) groups excluding carboxylic acids is 1. The van der Waals surface area contributed by atoms with Crippen molar-refractivity contribution in [1.29, 1.82) is 0 Å². The molecule has 0 aliphatic heterocycles. The second kappa shape index (κ2) is 4.65. The molecule has 128 valence electrons. The van der Waals surface area contributed by atoms with Gasteiger partial charge in [-0.05, 0) is 61.3 Å². The third-order valence-corrected chi connectivity index (χ3v) is 7.92. The first-order valence-corrected chi connectivity index (χ1v) is 8.98.